The monoisotopic (exact) mass is 927 g/mol. The predicted molar refractivity (Wildman–Crippen MR) is 302 cm³/mol. The maximum atomic E-state index is 9.31. The number of fused-ring (bicyclic) bond motifs is 7. The summed E-state index contributed by atoms with van der Waals surface area (Å²) in [5.41, 5.74) is 16.8. The number of anilines is 9. The molecule has 7 aromatic carbocycles. The summed E-state index contributed by atoms with van der Waals surface area (Å²) in [5.74, 6) is 0. The van der Waals surface area contributed by atoms with Crippen molar-refractivity contribution < 1.29 is 6.85 Å². The summed E-state index contributed by atoms with van der Waals surface area (Å²) in [6, 6.07) is 42.9. The van der Waals surface area contributed by atoms with Crippen LogP contribution in [0.4, 0.5) is 51.2 Å². The third-order valence-electron chi connectivity index (χ3n) is 15.4. The van der Waals surface area contributed by atoms with E-state index in [1.165, 1.54) is 65.2 Å². The predicted octanol–water partition coefficient (Wildman–Crippen LogP) is 16.7. The molecule has 0 bridgehead atoms. The Morgan fingerprint density at radius 2 is 1.14 bits per heavy atom. The van der Waals surface area contributed by atoms with Crippen LogP contribution in [0.25, 0.3) is 10.1 Å². The molecule has 0 atom stereocenters. The Morgan fingerprint density at radius 1 is 0.536 bits per heavy atom. The molecule has 3 heterocycles. The van der Waals surface area contributed by atoms with Crippen molar-refractivity contribution >= 4 is 95.0 Å². The SMILES string of the molecule is [2H]c1c([2H])c([2H])c(N(c2ccccc2)c2ccc3c(c2)N(c2ccc(C(C)(C)C)cc2)c2cc(C(C)(C)C)cc4c2B3c2sc3ccc(C(C)(C)C)cc3c2N4c2ccc3c(c2)C(C)(C)CCC3(C)C)c([2H])c1[2H]. The van der Waals surface area contributed by atoms with Gasteiger partial charge in [0.15, 0.2) is 0 Å². The van der Waals surface area contributed by atoms with Crippen molar-refractivity contribution in [2.24, 2.45) is 0 Å². The van der Waals surface area contributed by atoms with Crippen LogP contribution in [-0.4, -0.2) is 6.71 Å². The Balaban J connectivity index is 1.27. The third kappa shape index (κ3) is 7.53. The van der Waals surface area contributed by atoms with E-state index in [9.17, 15) is 2.74 Å². The molecule has 8 aromatic rings. The summed E-state index contributed by atoms with van der Waals surface area (Å²) in [7, 11) is 0. The van der Waals surface area contributed by atoms with Crippen LogP contribution in [0.5, 0.6) is 0 Å². The van der Waals surface area contributed by atoms with Crippen LogP contribution in [0, 0.1) is 0 Å². The van der Waals surface area contributed by atoms with Gasteiger partial charge >= 0.3 is 0 Å². The largest absolute Gasteiger partial charge is 0.311 e. The molecule has 0 fully saturated rings. The lowest BCUT2D eigenvalue weighted by molar-refractivity contribution is 0.332. The van der Waals surface area contributed by atoms with Gasteiger partial charge in [0.25, 0.3) is 6.71 Å². The van der Waals surface area contributed by atoms with Crippen LogP contribution in [0.2, 0.25) is 0 Å². The summed E-state index contributed by atoms with van der Waals surface area (Å²) in [4.78, 5) is 6.90. The first-order valence-electron chi connectivity index (χ1n) is 27.3. The first-order chi connectivity index (χ1) is 34.7. The normalized spacial score (nSPS) is 16.9. The standard InChI is InChI=1S/C64H68BN3S/c1-60(2,3)41-24-27-46(28-25-41)67-53-40-48(66(44-20-16-14-17-21-44)45-22-18-15-19-23-45)30-32-52(53)65-57-54(67)37-43(62(7,8)9)38-55(57)68(47-29-31-50-51(39-47)64(12,13)35-34-63(50,10)11)58-49-36-42(61(4,5)6)26-33-56(49)69-59(58)65/h14-33,36-40H,34-35H2,1-13H3/i14D,16D,17D,20D,21D. The number of para-hydroxylation sites is 2. The number of thiophene rings is 1. The second-order valence-electron chi connectivity index (χ2n) is 24.2. The van der Waals surface area contributed by atoms with Crippen molar-refractivity contribution in [1.82, 2.24) is 0 Å². The van der Waals surface area contributed by atoms with Crippen LogP contribution in [-0.2, 0) is 27.1 Å². The van der Waals surface area contributed by atoms with Crippen molar-refractivity contribution in [3.05, 3.63) is 179 Å². The molecule has 0 unspecified atom stereocenters. The van der Waals surface area contributed by atoms with Gasteiger partial charge in [0.1, 0.15) is 0 Å². The smallest absolute Gasteiger partial charge is 0.264 e. The van der Waals surface area contributed by atoms with Gasteiger partial charge in [-0.1, -0.05) is 157 Å². The molecule has 0 saturated heterocycles. The van der Waals surface area contributed by atoms with Gasteiger partial charge in [-0.05, 0) is 164 Å². The lowest BCUT2D eigenvalue weighted by atomic mass is 9.36. The summed E-state index contributed by atoms with van der Waals surface area (Å²) >= 11 is 1.89. The van der Waals surface area contributed by atoms with E-state index in [2.05, 4.69) is 191 Å². The van der Waals surface area contributed by atoms with E-state index in [1.807, 2.05) is 46.6 Å². The highest BCUT2D eigenvalue weighted by atomic mass is 32.1. The zero-order valence-corrected chi connectivity index (χ0v) is 43.6. The first kappa shape index (κ1) is 39.8. The molecule has 1 aromatic heterocycles. The third-order valence-corrected chi connectivity index (χ3v) is 16.7. The number of hydrogen-bond donors (Lipinski definition) is 0. The molecular formula is C64H68BN3S. The summed E-state index contributed by atoms with van der Waals surface area (Å²) in [5, 5.41) is 1.25. The molecule has 3 aliphatic rings. The Bertz CT molecular complexity index is 3570. The lowest BCUT2D eigenvalue weighted by Crippen LogP contribution is -2.60. The van der Waals surface area contributed by atoms with E-state index < -0.39 is 6.04 Å². The number of hydrogen-bond acceptors (Lipinski definition) is 4. The van der Waals surface area contributed by atoms with Gasteiger partial charge in [-0.2, -0.15) is 0 Å². The molecule has 5 heteroatoms. The minimum Gasteiger partial charge on any atom is -0.311 e. The van der Waals surface area contributed by atoms with Crippen LogP contribution in [0.3, 0.4) is 0 Å². The maximum Gasteiger partial charge on any atom is 0.264 e. The van der Waals surface area contributed by atoms with E-state index in [0.29, 0.717) is 11.4 Å². The van der Waals surface area contributed by atoms with Gasteiger partial charge in [-0.25, -0.2) is 0 Å². The van der Waals surface area contributed by atoms with Gasteiger partial charge in [0.05, 0.1) is 12.5 Å². The molecule has 1 aliphatic carbocycles. The van der Waals surface area contributed by atoms with Crippen LogP contribution in [0.15, 0.2) is 152 Å². The highest BCUT2D eigenvalue weighted by Gasteiger charge is 2.47. The average molecular weight is 927 g/mol. The minimum absolute atomic E-state index is 0.000281. The molecule has 0 N–H and O–H groups in total. The highest BCUT2D eigenvalue weighted by molar-refractivity contribution is 7.33. The van der Waals surface area contributed by atoms with Gasteiger partial charge in [-0.15, -0.1) is 11.3 Å². The Labute approximate surface area is 424 Å². The van der Waals surface area contributed by atoms with Crippen LogP contribution >= 0.6 is 11.3 Å². The molecule has 348 valence electrons. The van der Waals surface area contributed by atoms with E-state index in [1.54, 1.807) is 0 Å². The topological polar surface area (TPSA) is 9.72 Å². The second-order valence-corrected chi connectivity index (χ2v) is 25.3. The number of rotatable bonds is 5. The molecule has 0 saturated carbocycles. The summed E-state index contributed by atoms with van der Waals surface area (Å²) < 4.78 is 47.3. The van der Waals surface area contributed by atoms with E-state index in [-0.39, 0.29) is 63.6 Å². The van der Waals surface area contributed by atoms with E-state index >= 15 is 0 Å². The zero-order chi connectivity index (χ0) is 52.9. The fourth-order valence-corrected chi connectivity index (χ4v) is 12.5. The minimum atomic E-state index is -0.419. The van der Waals surface area contributed by atoms with Crippen molar-refractivity contribution in [2.45, 2.75) is 130 Å². The molecule has 11 rings (SSSR count). The maximum absolute atomic E-state index is 9.31. The average Bonchev–Trinajstić information content (AvgIpc) is 3.77. The fourth-order valence-electron chi connectivity index (χ4n) is 11.2. The fraction of sp³-hybridized carbons (Fsp3) is 0.312. The molecule has 69 heavy (non-hydrogen) atoms. The Hall–Kier alpha value is -6.04. The first-order valence-corrected chi connectivity index (χ1v) is 25.7. The number of nitrogens with zero attached hydrogens (tertiary/aromatic N) is 3. The summed E-state index contributed by atoms with van der Waals surface area (Å²) in [6.45, 7) is 30.1. The molecular weight excluding hydrogens is 854 g/mol. The van der Waals surface area contributed by atoms with Gasteiger partial charge < -0.3 is 14.7 Å². The van der Waals surface area contributed by atoms with Gasteiger partial charge in [0.2, 0.25) is 0 Å². The van der Waals surface area contributed by atoms with Crippen molar-refractivity contribution in [3.8, 4) is 0 Å². The van der Waals surface area contributed by atoms with Crippen molar-refractivity contribution in [1.29, 1.82) is 0 Å². The molecule has 0 spiro atoms. The quantitative estimate of drug-likeness (QED) is 0.159. The lowest BCUT2D eigenvalue weighted by Gasteiger charge is -2.45. The van der Waals surface area contributed by atoms with Crippen LogP contribution < -0.4 is 30.4 Å². The second kappa shape index (κ2) is 15.7. The zero-order valence-electron chi connectivity index (χ0n) is 47.8. The van der Waals surface area contributed by atoms with E-state index in [4.69, 9.17) is 4.11 Å². The molecule has 2 aliphatic heterocycles. The van der Waals surface area contributed by atoms with E-state index in [0.717, 1.165) is 35.4 Å². The van der Waals surface area contributed by atoms with Gasteiger partial charge in [-0.3, -0.25) is 0 Å². The summed E-state index contributed by atoms with van der Waals surface area (Å²) in [6.07, 6.45) is 2.27. The van der Waals surface area contributed by atoms with Crippen molar-refractivity contribution in [3.63, 3.8) is 0 Å². The molecule has 0 radical (unpaired) electrons. The molecule has 3 nitrogen and oxygen atoms in total. The highest BCUT2D eigenvalue weighted by Crippen LogP contribution is 2.53. The molecule has 0 amide bonds. The van der Waals surface area contributed by atoms with Crippen LogP contribution in [0.1, 0.15) is 138 Å². The Kier molecular flexibility index (Phi) is 9.07. The van der Waals surface area contributed by atoms with Crippen molar-refractivity contribution in [2.75, 3.05) is 14.7 Å². The Morgan fingerprint density at radius 3 is 1.80 bits per heavy atom. The number of benzene rings is 7. The van der Waals surface area contributed by atoms with Gasteiger partial charge in [0, 0.05) is 60.4 Å².